The van der Waals surface area contributed by atoms with Gasteiger partial charge in [-0.15, -0.1) is 0 Å². The zero-order valence-corrected chi connectivity index (χ0v) is 9.93. The highest BCUT2D eigenvalue weighted by Crippen LogP contribution is 2.10. The zero-order valence-electron chi connectivity index (χ0n) is 9.93. The largest absolute Gasteiger partial charge is 0.465 e. The number of aromatic nitrogens is 1. The van der Waals surface area contributed by atoms with Crippen LogP contribution < -0.4 is 5.32 Å². The lowest BCUT2D eigenvalue weighted by Crippen LogP contribution is -2.37. The fraction of sp³-hybridized carbons (Fsp3) is 0.500. The van der Waals surface area contributed by atoms with Crippen LogP contribution in [0.15, 0.2) is 24.5 Å². The molecule has 16 heavy (non-hydrogen) atoms. The van der Waals surface area contributed by atoms with Gasteiger partial charge in [-0.25, -0.2) is 0 Å². The third-order valence-corrected chi connectivity index (χ3v) is 2.32. The number of esters is 1. The van der Waals surface area contributed by atoms with E-state index < -0.39 is 0 Å². The number of hydrogen-bond donors (Lipinski definition) is 1. The maximum absolute atomic E-state index is 11.4. The number of nitrogens with one attached hydrogen (secondary N) is 1. The maximum Gasteiger partial charge on any atom is 0.322 e. The van der Waals surface area contributed by atoms with E-state index in [1.807, 2.05) is 19.1 Å². The van der Waals surface area contributed by atoms with Gasteiger partial charge in [0.05, 0.1) is 6.61 Å². The molecule has 1 aromatic heterocycles. The summed E-state index contributed by atoms with van der Waals surface area (Å²) >= 11 is 0. The van der Waals surface area contributed by atoms with E-state index >= 15 is 0 Å². The molecular weight excluding hydrogens is 204 g/mol. The second kappa shape index (κ2) is 6.23. The highest BCUT2D eigenvalue weighted by Gasteiger charge is 2.16. The normalized spacial score (nSPS) is 14.2. The highest BCUT2D eigenvalue weighted by atomic mass is 16.5. The van der Waals surface area contributed by atoms with Crippen molar-refractivity contribution in [3.63, 3.8) is 0 Å². The molecule has 4 nitrogen and oxygen atoms in total. The number of carbonyl (C=O) groups excluding carboxylic acids is 1. The van der Waals surface area contributed by atoms with Crippen LogP contribution in [0.25, 0.3) is 0 Å². The van der Waals surface area contributed by atoms with Crippen LogP contribution in [0.3, 0.4) is 0 Å². The first-order valence-electron chi connectivity index (χ1n) is 5.47. The quantitative estimate of drug-likeness (QED) is 0.770. The minimum atomic E-state index is -0.310. The molecule has 0 amide bonds. The minimum absolute atomic E-state index is 0.0770. The van der Waals surface area contributed by atoms with Crippen LogP contribution >= 0.6 is 0 Å². The van der Waals surface area contributed by atoms with Crippen LogP contribution in [0, 0.1) is 0 Å². The molecule has 1 rings (SSSR count). The molecule has 1 heterocycles. The molecule has 0 spiro atoms. The Morgan fingerprint density at radius 1 is 1.56 bits per heavy atom. The summed E-state index contributed by atoms with van der Waals surface area (Å²) in [5.41, 5.74) is 1.05. The van der Waals surface area contributed by atoms with Crippen LogP contribution in [-0.4, -0.2) is 23.6 Å². The standard InChI is InChI=1S/C12H18N2O2/c1-4-16-12(15)10(3)14-9(2)11-6-5-7-13-8-11/h5-10,14H,4H2,1-3H3/t9-,10?/m0/s1. The third-order valence-electron chi connectivity index (χ3n) is 2.32. The Hall–Kier alpha value is -1.42. The molecule has 0 bridgehead atoms. The summed E-state index contributed by atoms with van der Waals surface area (Å²) in [4.78, 5) is 15.4. The Morgan fingerprint density at radius 3 is 2.88 bits per heavy atom. The summed E-state index contributed by atoms with van der Waals surface area (Å²) < 4.78 is 4.92. The molecule has 88 valence electrons. The fourth-order valence-electron chi connectivity index (χ4n) is 1.44. The molecule has 0 saturated carbocycles. The van der Waals surface area contributed by atoms with E-state index in [1.54, 1.807) is 26.2 Å². The van der Waals surface area contributed by atoms with Crippen molar-refractivity contribution in [2.24, 2.45) is 0 Å². The Bertz CT molecular complexity index is 327. The number of nitrogens with zero attached hydrogens (tertiary/aromatic N) is 1. The number of carbonyl (C=O) groups is 1. The molecule has 4 heteroatoms. The predicted octanol–water partition coefficient (Wildman–Crippen LogP) is 1.68. The van der Waals surface area contributed by atoms with Crippen molar-refractivity contribution in [3.8, 4) is 0 Å². The summed E-state index contributed by atoms with van der Waals surface area (Å²) in [5.74, 6) is -0.224. The van der Waals surface area contributed by atoms with Gasteiger partial charge < -0.3 is 4.74 Å². The van der Waals surface area contributed by atoms with E-state index in [4.69, 9.17) is 4.74 Å². The van der Waals surface area contributed by atoms with Gasteiger partial charge in [0.2, 0.25) is 0 Å². The highest BCUT2D eigenvalue weighted by molar-refractivity contribution is 5.75. The smallest absolute Gasteiger partial charge is 0.322 e. The van der Waals surface area contributed by atoms with Gasteiger partial charge in [-0.1, -0.05) is 6.07 Å². The molecule has 0 radical (unpaired) electrons. The summed E-state index contributed by atoms with van der Waals surface area (Å²) in [6, 6.07) is 3.62. The van der Waals surface area contributed by atoms with Gasteiger partial charge in [0.15, 0.2) is 0 Å². The summed E-state index contributed by atoms with van der Waals surface area (Å²) in [5, 5.41) is 3.17. The van der Waals surface area contributed by atoms with Crippen molar-refractivity contribution in [2.45, 2.75) is 32.9 Å². The van der Waals surface area contributed by atoms with Crippen LogP contribution in [-0.2, 0) is 9.53 Å². The molecular formula is C12H18N2O2. The predicted molar refractivity (Wildman–Crippen MR) is 61.9 cm³/mol. The number of ether oxygens (including phenoxy) is 1. The second-order valence-electron chi connectivity index (χ2n) is 3.65. The topological polar surface area (TPSA) is 51.2 Å². The van der Waals surface area contributed by atoms with Gasteiger partial charge in [0, 0.05) is 18.4 Å². The van der Waals surface area contributed by atoms with Crippen LogP contribution in [0.5, 0.6) is 0 Å². The van der Waals surface area contributed by atoms with Gasteiger partial charge in [0.25, 0.3) is 0 Å². The summed E-state index contributed by atoms with van der Waals surface area (Å²) in [7, 11) is 0. The van der Waals surface area contributed by atoms with Crippen molar-refractivity contribution in [1.82, 2.24) is 10.3 Å². The van der Waals surface area contributed by atoms with Gasteiger partial charge in [-0.2, -0.15) is 0 Å². The Balaban J connectivity index is 2.51. The molecule has 0 aromatic carbocycles. The average Bonchev–Trinajstić information content (AvgIpc) is 2.30. The summed E-state index contributed by atoms with van der Waals surface area (Å²) in [6.07, 6.45) is 3.51. The van der Waals surface area contributed by atoms with Gasteiger partial charge in [-0.3, -0.25) is 15.1 Å². The molecule has 0 fully saturated rings. The summed E-state index contributed by atoms with van der Waals surface area (Å²) in [6.45, 7) is 6.00. The molecule has 2 atom stereocenters. The van der Waals surface area contributed by atoms with Crippen molar-refractivity contribution < 1.29 is 9.53 Å². The van der Waals surface area contributed by atoms with E-state index in [9.17, 15) is 4.79 Å². The van der Waals surface area contributed by atoms with Crippen LogP contribution in [0.1, 0.15) is 32.4 Å². The lowest BCUT2D eigenvalue weighted by atomic mass is 10.1. The van der Waals surface area contributed by atoms with Crippen molar-refractivity contribution in [2.75, 3.05) is 6.61 Å². The number of hydrogen-bond acceptors (Lipinski definition) is 4. The second-order valence-corrected chi connectivity index (χ2v) is 3.65. The maximum atomic E-state index is 11.4. The van der Waals surface area contributed by atoms with Crippen LogP contribution in [0.4, 0.5) is 0 Å². The Labute approximate surface area is 96.0 Å². The van der Waals surface area contributed by atoms with Gasteiger partial charge >= 0.3 is 5.97 Å². The molecule has 0 aliphatic rings. The minimum Gasteiger partial charge on any atom is -0.465 e. The van der Waals surface area contributed by atoms with E-state index in [1.165, 1.54) is 0 Å². The van der Waals surface area contributed by atoms with Gasteiger partial charge in [-0.05, 0) is 32.4 Å². The van der Waals surface area contributed by atoms with Crippen molar-refractivity contribution in [1.29, 1.82) is 0 Å². The third kappa shape index (κ3) is 3.62. The van der Waals surface area contributed by atoms with E-state index in [0.29, 0.717) is 6.61 Å². The van der Waals surface area contributed by atoms with E-state index in [-0.39, 0.29) is 18.1 Å². The first kappa shape index (κ1) is 12.6. The lowest BCUT2D eigenvalue weighted by molar-refractivity contribution is -0.145. The molecule has 1 aromatic rings. The fourth-order valence-corrected chi connectivity index (χ4v) is 1.44. The first-order valence-corrected chi connectivity index (χ1v) is 5.47. The number of rotatable bonds is 5. The zero-order chi connectivity index (χ0) is 12.0. The molecule has 0 saturated heterocycles. The monoisotopic (exact) mass is 222 g/mol. The average molecular weight is 222 g/mol. The lowest BCUT2D eigenvalue weighted by Gasteiger charge is -2.18. The van der Waals surface area contributed by atoms with Crippen LogP contribution in [0.2, 0.25) is 0 Å². The van der Waals surface area contributed by atoms with Gasteiger partial charge in [0.1, 0.15) is 6.04 Å². The van der Waals surface area contributed by atoms with E-state index in [0.717, 1.165) is 5.56 Å². The first-order chi connectivity index (χ1) is 7.65. The SMILES string of the molecule is CCOC(=O)C(C)N[C@@H](C)c1cccnc1. The van der Waals surface area contributed by atoms with Crippen molar-refractivity contribution in [3.05, 3.63) is 30.1 Å². The molecule has 1 N–H and O–H groups in total. The van der Waals surface area contributed by atoms with E-state index in [2.05, 4.69) is 10.3 Å². The van der Waals surface area contributed by atoms with Crippen molar-refractivity contribution >= 4 is 5.97 Å². The molecule has 0 aliphatic heterocycles. The Morgan fingerprint density at radius 2 is 2.31 bits per heavy atom. The Kier molecular flexibility index (Phi) is 4.92. The number of pyridine rings is 1. The molecule has 0 aliphatic carbocycles. The molecule has 1 unspecified atom stereocenters.